The predicted molar refractivity (Wildman–Crippen MR) is 124 cm³/mol. The first-order valence-electron chi connectivity index (χ1n) is 10.1. The Bertz CT molecular complexity index is 1120. The van der Waals surface area contributed by atoms with Gasteiger partial charge in [-0.1, -0.05) is 51.8 Å². The second kappa shape index (κ2) is 8.92. The average molecular weight is 526 g/mol. The lowest BCUT2D eigenvalue weighted by molar-refractivity contribution is -0.135. The number of carbonyl (C=O) groups excluding carboxylic acids is 2. The highest BCUT2D eigenvalue weighted by Gasteiger charge is 2.40. The second-order valence-corrected chi connectivity index (χ2v) is 11.5. The largest absolute Gasteiger partial charge is 0.341 e. The summed E-state index contributed by atoms with van der Waals surface area (Å²) in [5.41, 5.74) is 1.32. The van der Waals surface area contributed by atoms with Crippen LogP contribution in [0.2, 0.25) is 5.02 Å². The van der Waals surface area contributed by atoms with Crippen LogP contribution in [0.4, 0.5) is 5.69 Å². The van der Waals surface area contributed by atoms with Crippen LogP contribution in [0, 0.1) is 5.92 Å². The molecule has 9 heteroatoms. The van der Waals surface area contributed by atoms with E-state index in [9.17, 15) is 18.0 Å². The van der Waals surface area contributed by atoms with Crippen molar-refractivity contribution < 1.29 is 18.0 Å². The van der Waals surface area contributed by atoms with Gasteiger partial charge in [0.25, 0.3) is 0 Å². The molecule has 2 aromatic rings. The molecule has 2 unspecified atom stereocenters. The number of hydrogen-bond donors (Lipinski definition) is 0. The molecule has 2 atom stereocenters. The molecule has 0 N–H and O–H groups in total. The van der Waals surface area contributed by atoms with Gasteiger partial charge in [0.1, 0.15) is 0 Å². The fraction of sp³-hybridized carbons (Fsp3) is 0.364. The molecule has 2 amide bonds. The van der Waals surface area contributed by atoms with E-state index in [0.717, 1.165) is 10.2 Å². The van der Waals surface area contributed by atoms with Crippen molar-refractivity contribution in [3.8, 4) is 0 Å². The monoisotopic (exact) mass is 524 g/mol. The van der Waals surface area contributed by atoms with Gasteiger partial charge < -0.3 is 9.80 Å². The van der Waals surface area contributed by atoms with Crippen LogP contribution in [0.15, 0.2) is 53.0 Å². The van der Waals surface area contributed by atoms with Gasteiger partial charge in [-0.15, -0.1) is 0 Å². The van der Waals surface area contributed by atoms with E-state index in [0.29, 0.717) is 23.7 Å². The zero-order valence-corrected chi connectivity index (χ0v) is 19.9. The molecule has 0 spiro atoms. The maximum atomic E-state index is 13.2. The van der Waals surface area contributed by atoms with Crippen LogP contribution in [0.5, 0.6) is 0 Å². The summed E-state index contributed by atoms with van der Waals surface area (Å²) in [5.74, 6) is -0.871. The molecule has 4 rings (SSSR count). The normalized spacial score (nSPS) is 23.6. The number of anilines is 1. The summed E-state index contributed by atoms with van der Waals surface area (Å²) >= 11 is 9.66. The lowest BCUT2D eigenvalue weighted by Crippen LogP contribution is -2.39. The second-order valence-electron chi connectivity index (χ2n) is 7.88. The number of hydrogen-bond acceptors (Lipinski definition) is 4. The van der Waals surface area contributed by atoms with E-state index in [1.807, 2.05) is 24.3 Å². The quantitative estimate of drug-likeness (QED) is 0.610. The average Bonchev–Trinajstić information content (AvgIpc) is 3.04. The Hall–Kier alpha value is -1.90. The molecule has 2 aromatic carbocycles. The fourth-order valence-electron chi connectivity index (χ4n) is 4.27. The highest BCUT2D eigenvalue weighted by atomic mass is 79.9. The SMILES string of the molecule is O=C(C1CC(=O)N(c2cccc(Br)c2)C1)N1CCC(c2ccccc2Cl)S(=O)(=O)CC1. The Morgan fingerprint density at radius 1 is 1.10 bits per heavy atom. The Morgan fingerprint density at radius 3 is 2.61 bits per heavy atom. The minimum Gasteiger partial charge on any atom is -0.341 e. The van der Waals surface area contributed by atoms with Gasteiger partial charge in [0.2, 0.25) is 11.8 Å². The van der Waals surface area contributed by atoms with Gasteiger partial charge in [-0.3, -0.25) is 9.59 Å². The molecule has 0 radical (unpaired) electrons. The number of carbonyl (C=O) groups is 2. The third kappa shape index (κ3) is 4.66. The summed E-state index contributed by atoms with van der Waals surface area (Å²) < 4.78 is 26.7. The molecule has 2 aliphatic rings. The van der Waals surface area contributed by atoms with Crippen molar-refractivity contribution in [3.05, 3.63) is 63.6 Å². The maximum absolute atomic E-state index is 13.2. The van der Waals surface area contributed by atoms with E-state index in [4.69, 9.17) is 11.6 Å². The summed E-state index contributed by atoms with van der Waals surface area (Å²) in [6.45, 7) is 0.741. The van der Waals surface area contributed by atoms with Crippen LogP contribution in [-0.4, -0.2) is 50.5 Å². The minimum atomic E-state index is -3.46. The molecular formula is C22H22BrClN2O4S. The molecule has 2 fully saturated rings. The number of nitrogens with zero attached hydrogens (tertiary/aromatic N) is 2. The van der Waals surface area contributed by atoms with Crippen LogP contribution in [0.25, 0.3) is 0 Å². The molecule has 0 saturated carbocycles. The van der Waals surface area contributed by atoms with Crippen LogP contribution in [-0.2, 0) is 19.4 Å². The molecular weight excluding hydrogens is 504 g/mol. The van der Waals surface area contributed by atoms with E-state index >= 15 is 0 Å². The predicted octanol–water partition coefficient (Wildman–Crippen LogP) is 3.84. The van der Waals surface area contributed by atoms with Gasteiger partial charge in [-0.05, 0) is 36.2 Å². The Labute approximate surface area is 195 Å². The molecule has 6 nitrogen and oxygen atoms in total. The van der Waals surface area contributed by atoms with Gasteiger partial charge in [0, 0.05) is 41.2 Å². The topological polar surface area (TPSA) is 74.8 Å². The van der Waals surface area contributed by atoms with Gasteiger partial charge in [0.15, 0.2) is 9.84 Å². The van der Waals surface area contributed by atoms with Crippen molar-refractivity contribution in [1.82, 2.24) is 4.90 Å². The smallest absolute Gasteiger partial charge is 0.228 e. The van der Waals surface area contributed by atoms with Gasteiger partial charge in [0.05, 0.1) is 16.9 Å². The zero-order valence-electron chi connectivity index (χ0n) is 16.7. The van der Waals surface area contributed by atoms with Crippen molar-refractivity contribution >= 4 is 54.9 Å². The van der Waals surface area contributed by atoms with Gasteiger partial charge in [-0.25, -0.2) is 8.42 Å². The van der Waals surface area contributed by atoms with Crippen LogP contribution >= 0.6 is 27.5 Å². The van der Waals surface area contributed by atoms with Crippen molar-refractivity contribution in [2.24, 2.45) is 5.92 Å². The van der Waals surface area contributed by atoms with E-state index in [-0.39, 0.29) is 37.0 Å². The molecule has 2 saturated heterocycles. The molecule has 2 heterocycles. The number of amides is 2. The molecule has 2 aliphatic heterocycles. The van der Waals surface area contributed by atoms with Crippen LogP contribution in [0.1, 0.15) is 23.7 Å². The standard InChI is InChI=1S/C22H22BrClN2O4S/c23-16-4-3-5-17(13-16)26-14-15(12-21(26)27)22(28)25-9-8-20(31(29,30)11-10-25)18-6-1-2-7-19(18)24/h1-7,13,15,20H,8-12,14H2. The summed E-state index contributed by atoms with van der Waals surface area (Å²) in [4.78, 5) is 29.0. The number of sulfone groups is 1. The summed E-state index contributed by atoms with van der Waals surface area (Å²) in [7, 11) is -3.46. The molecule has 31 heavy (non-hydrogen) atoms. The summed E-state index contributed by atoms with van der Waals surface area (Å²) in [6.07, 6.45) is 0.413. The lowest BCUT2D eigenvalue weighted by atomic mass is 10.1. The van der Waals surface area contributed by atoms with E-state index in [1.165, 1.54) is 0 Å². The first kappa shape index (κ1) is 22.3. The molecule has 164 valence electrons. The Morgan fingerprint density at radius 2 is 1.87 bits per heavy atom. The van der Waals surface area contributed by atoms with Crippen LogP contribution in [0.3, 0.4) is 0 Å². The van der Waals surface area contributed by atoms with E-state index in [2.05, 4.69) is 15.9 Å². The molecule has 0 aliphatic carbocycles. The van der Waals surface area contributed by atoms with Crippen molar-refractivity contribution in [2.45, 2.75) is 18.1 Å². The number of benzene rings is 2. The third-order valence-electron chi connectivity index (χ3n) is 5.90. The fourth-order valence-corrected chi connectivity index (χ4v) is 6.81. The number of rotatable bonds is 3. The van der Waals surface area contributed by atoms with E-state index in [1.54, 1.807) is 34.1 Å². The van der Waals surface area contributed by atoms with E-state index < -0.39 is 21.0 Å². The Balaban J connectivity index is 1.49. The summed E-state index contributed by atoms with van der Waals surface area (Å²) in [5, 5.41) is -0.315. The van der Waals surface area contributed by atoms with Gasteiger partial charge in [-0.2, -0.15) is 0 Å². The first-order valence-corrected chi connectivity index (χ1v) is 13.0. The zero-order chi connectivity index (χ0) is 22.2. The summed E-state index contributed by atoms with van der Waals surface area (Å²) in [6, 6.07) is 14.3. The number of halogens is 2. The van der Waals surface area contributed by atoms with Crippen molar-refractivity contribution in [3.63, 3.8) is 0 Å². The highest BCUT2D eigenvalue weighted by Crippen LogP contribution is 2.35. The third-order valence-corrected chi connectivity index (χ3v) is 8.84. The maximum Gasteiger partial charge on any atom is 0.228 e. The molecule has 0 bridgehead atoms. The lowest BCUT2D eigenvalue weighted by Gasteiger charge is -2.24. The minimum absolute atomic E-state index is 0.104. The Kier molecular flexibility index (Phi) is 6.42. The highest BCUT2D eigenvalue weighted by molar-refractivity contribution is 9.10. The first-order chi connectivity index (χ1) is 14.8. The van der Waals surface area contributed by atoms with Crippen molar-refractivity contribution in [1.29, 1.82) is 0 Å². The molecule has 0 aromatic heterocycles. The van der Waals surface area contributed by atoms with Crippen LogP contribution < -0.4 is 4.90 Å². The van der Waals surface area contributed by atoms with Crippen molar-refractivity contribution in [2.75, 3.05) is 30.3 Å². The van der Waals surface area contributed by atoms with Gasteiger partial charge >= 0.3 is 0 Å².